The summed E-state index contributed by atoms with van der Waals surface area (Å²) in [7, 11) is 1.68. The minimum atomic E-state index is -0.0557. The van der Waals surface area contributed by atoms with E-state index in [0.717, 1.165) is 30.2 Å². The van der Waals surface area contributed by atoms with Crippen LogP contribution < -0.4 is 10.1 Å². The third-order valence-electron chi connectivity index (χ3n) is 6.57. The van der Waals surface area contributed by atoms with Gasteiger partial charge in [0.1, 0.15) is 5.75 Å². The Hall–Kier alpha value is -3.12. The molecule has 1 fully saturated rings. The van der Waals surface area contributed by atoms with Gasteiger partial charge in [-0.05, 0) is 63.0 Å². The van der Waals surface area contributed by atoms with Crippen molar-refractivity contribution in [3.63, 3.8) is 0 Å². The van der Waals surface area contributed by atoms with Crippen LogP contribution in [0.25, 0.3) is 0 Å². The molecule has 1 saturated heterocycles. The molecule has 6 nitrogen and oxygen atoms in total. The van der Waals surface area contributed by atoms with Crippen LogP contribution in [-0.4, -0.2) is 47.3 Å². The molecule has 33 heavy (non-hydrogen) atoms. The standard InChI is InChI=1S/C27H34N4O2/c1-20-26(21(2)31(29-20)19-22-10-6-4-7-11-22)27(32)28-18-25(30-16-8-5-9-17-30)23-12-14-24(33-3)15-13-23/h4,6-7,10-15,25H,5,8-9,16-19H2,1-3H3,(H,28,32)/t25-/m1/s1. The van der Waals surface area contributed by atoms with Crippen LogP contribution in [-0.2, 0) is 6.54 Å². The van der Waals surface area contributed by atoms with Gasteiger partial charge >= 0.3 is 0 Å². The summed E-state index contributed by atoms with van der Waals surface area (Å²) >= 11 is 0. The van der Waals surface area contributed by atoms with Gasteiger partial charge < -0.3 is 10.1 Å². The van der Waals surface area contributed by atoms with E-state index in [9.17, 15) is 4.79 Å². The fraction of sp³-hybridized carbons (Fsp3) is 0.407. The van der Waals surface area contributed by atoms with Crippen LogP contribution in [0, 0.1) is 13.8 Å². The molecule has 0 radical (unpaired) electrons. The Morgan fingerprint density at radius 1 is 1.03 bits per heavy atom. The maximum atomic E-state index is 13.3. The van der Waals surface area contributed by atoms with Crippen LogP contribution in [0.4, 0.5) is 0 Å². The van der Waals surface area contributed by atoms with E-state index in [0.29, 0.717) is 18.7 Å². The van der Waals surface area contributed by atoms with Crippen molar-refractivity contribution in [1.82, 2.24) is 20.0 Å². The predicted octanol–water partition coefficient (Wildman–Crippen LogP) is 4.51. The Bertz CT molecular complexity index is 1050. The molecular weight excluding hydrogens is 412 g/mol. The summed E-state index contributed by atoms with van der Waals surface area (Å²) in [6, 6.07) is 18.6. The van der Waals surface area contributed by atoms with Crippen LogP contribution in [0.2, 0.25) is 0 Å². The Balaban J connectivity index is 1.50. The summed E-state index contributed by atoms with van der Waals surface area (Å²) in [5.74, 6) is 0.789. The Labute approximate surface area is 196 Å². The summed E-state index contributed by atoms with van der Waals surface area (Å²) in [4.78, 5) is 15.8. The zero-order valence-electron chi connectivity index (χ0n) is 19.9. The third kappa shape index (κ3) is 5.45. The number of ether oxygens (including phenoxy) is 1. The zero-order chi connectivity index (χ0) is 23.2. The molecule has 2 heterocycles. The molecule has 0 saturated carbocycles. The summed E-state index contributed by atoms with van der Waals surface area (Å²) in [6.07, 6.45) is 3.67. The second-order valence-electron chi connectivity index (χ2n) is 8.78. The van der Waals surface area contributed by atoms with Gasteiger partial charge in [0.2, 0.25) is 0 Å². The second kappa shape index (κ2) is 10.7. The molecule has 174 valence electrons. The number of likely N-dealkylation sites (tertiary alicyclic amines) is 1. The quantitative estimate of drug-likeness (QED) is 0.553. The van der Waals surface area contributed by atoms with Crippen molar-refractivity contribution in [2.75, 3.05) is 26.7 Å². The largest absolute Gasteiger partial charge is 0.497 e. The molecule has 0 bridgehead atoms. The molecule has 0 unspecified atom stereocenters. The number of methoxy groups -OCH3 is 1. The van der Waals surface area contributed by atoms with Gasteiger partial charge in [-0.25, -0.2) is 0 Å². The van der Waals surface area contributed by atoms with Crippen molar-refractivity contribution in [3.05, 3.63) is 82.7 Å². The average Bonchev–Trinajstić information content (AvgIpc) is 3.13. The van der Waals surface area contributed by atoms with Crippen LogP contribution >= 0.6 is 0 Å². The minimum Gasteiger partial charge on any atom is -0.497 e. The van der Waals surface area contributed by atoms with Crippen LogP contribution in [0.1, 0.15) is 58.2 Å². The highest BCUT2D eigenvalue weighted by atomic mass is 16.5. The zero-order valence-corrected chi connectivity index (χ0v) is 19.9. The number of aromatic nitrogens is 2. The molecule has 4 rings (SSSR count). The summed E-state index contributed by atoms with van der Waals surface area (Å²) in [5.41, 5.74) is 4.71. The van der Waals surface area contributed by atoms with Gasteiger partial charge in [-0.2, -0.15) is 5.10 Å². The van der Waals surface area contributed by atoms with Gasteiger partial charge in [-0.3, -0.25) is 14.4 Å². The van der Waals surface area contributed by atoms with E-state index in [2.05, 4.69) is 39.6 Å². The Kier molecular flexibility index (Phi) is 7.45. The van der Waals surface area contributed by atoms with E-state index in [1.165, 1.54) is 30.4 Å². The average molecular weight is 447 g/mol. The number of carbonyl (C=O) groups excluding carboxylic acids is 1. The monoisotopic (exact) mass is 446 g/mol. The molecule has 2 aromatic carbocycles. The molecule has 3 aromatic rings. The number of rotatable bonds is 8. The summed E-state index contributed by atoms with van der Waals surface area (Å²) < 4.78 is 7.25. The Morgan fingerprint density at radius 3 is 2.39 bits per heavy atom. The normalized spacial score (nSPS) is 15.2. The van der Waals surface area contributed by atoms with Gasteiger partial charge in [0, 0.05) is 12.2 Å². The number of aryl methyl sites for hydroxylation is 1. The molecule has 1 aromatic heterocycles. The lowest BCUT2D eigenvalue weighted by atomic mass is 10.0. The van der Waals surface area contributed by atoms with Crippen molar-refractivity contribution < 1.29 is 9.53 Å². The van der Waals surface area contributed by atoms with E-state index < -0.39 is 0 Å². The van der Waals surface area contributed by atoms with Crippen LogP contribution in [0.3, 0.4) is 0 Å². The van der Waals surface area contributed by atoms with Gasteiger partial charge in [0.25, 0.3) is 5.91 Å². The first kappa shape index (κ1) is 23.1. The maximum absolute atomic E-state index is 13.3. The number of amides is 1. The van der Waals surface area contributed by atoms with E-state index in [1.807, 2.05) is 48.9 Å². The number of piperidine rings is 1. The first-order chi connectivity index (χ1) is 16.1. The smallest absolute Gasteiger partial charge is 0.255 e. The van der Waals surface area contributed by atoms with Crippen molar-refractivity contribution >= 4 is 5.91 Å². The van der Waals surface area contributed by atoms with E-state index >= 15 is 0 Å². The van der Waals surface area contributed by atoms with Crippen molar-refractivity contribution in [2.45, 2.75) is 45.7 Å². The predicted molar refractivity (Wildman–Crippen MR) is 131 cm³/mol. The molecule has 6 heteroatoms. The number of nitrogens with one attached hydrogen (secondary N) is 1. The lowest BCUT2D eigenvalue weighted by Gasteiger charge is -2.35. The van der Waals surface area contributed by atoms with Gasteiger partial charge in [-0.1, -0.05) is 48.9 Å². The lowest BCUT2D eigenvalue weighted by molar-refractivity contribution is 0.0923. The van der Waals surface area contributed by atoms with E-state index in [4.69, 9.17) is 4.74 Å². The van der Waals surface area contributed by atoms with Crippen LogP contribution in [0.5, 0.6) is 5.75 Å². The van der Waals surface area contributed by atoms with Crippen molar-refractivity contribution in [1.29, 1.82) is 0 Å². The molecule has 1 N–H and O–H groups in total. The number of hydrogen-bond donors (Lipinski definition) is 1. The molecule has 1 atom stereocenters. The Morgan fingerprint density at radius 2 is 1.73 bits per heavy atom. The molecule has 1 aliphatic heterocycles. The maximum Gasteiger partial charge on any atom is 0.255 e. The van der Waals surface area contributed by atoms with Crippen molar-refractivity contribution in [2.24, 2.45) is 0 Å². The van der Waals surface area contributed by atoms with Crippen LogP contribution in [0.15, 0.2) is 54.6 Å². The number of nitrogens with zero attached hydrogens (tertiary/aromatic N) is 3. The number of hydrogen-bond acceptors (Lipinski definition) is 4. The third-order valence-corrected chi connectivity index (χ3v) is 6.57. The fourth-order valence-electron chi connectivity index (χ4n) is 4.73. The van der Waals surface area contributed by atoms with Crippen molar-refractivity contribution in [3.8, 4) is 5.75 Å². The van der Waals surface area contributed by atoms with Gasteiger partial charge in [0.05, 0.1) is 31.0 Å². The highest BCUT2D eigenvalue weighted by Crippen LogP contribution is 2.26. The molecule has 1 aliphatic rings. The van der Waals surface area contributed by atoms with E-state index in [1.54, 1.807) is 7.11 Å². The highest BCUT2D eigenvalue weighted by Gasteiger charge is 2.25. The minimum absolute atomic E-state index is 0.0557. The molecule has 1 amide bonds. The first-order valence-electron chi connectivity index (χ1n) is 11.8. The fourth-order valence-corrected chi connectivity index (χ4v) is 4.73. The second-order valence-corrected chi connectivity index (χ2v) is 8.78. The van der Waals surface area contributed by atoms with Gasteiger partial charge in [0.15, 0.2) is 0 Å². The lowest BCUT2D eigenvalue weighted by Crippen LogP contribution is -2.40. The summed E-state index contributed by atoms with van der Waals surface area (Å²) in [5, 5.41) is 7.87. The van der Waals surface area contributed by atoms with E-state index in [-0.39, 0.29) is 11.9 Å². The highest BCUT2D eigenvalue weighted by molar-refractivity contribution is 5.96. The summed E-state index contributed by atoms with van der Waals surface area (Å²) in [6.45, 7) is 7.22. The first-order valence-corrected chi connectivity index (χ1v) is 11.8. The number of carbonyl (C=O) groups is 1. The number of benzene rings is 2. The topological polar surface area (TPSA) is 59.4 Å². The molecule has 0 aliphatic carbocycles. The van der Waals surface area contributed by atoms with Gasteiger partial charge in [-0.15, -0.1) is 0 Å². The molecule has 0 spiro atoms. The SMILES string of the molecule is COc1ccc([C@@H](CNC(=O)c2c(C)nn(Cc3ccccc3)c2C)N2CCCCC2)cc1. The molecular formula is C27H34N4O2.